The van der Waals surface area contributed by atoms with Crippen LogP contribution in [-0.4, -0.2) is 46.0 Å². The van der Waals surface area contributed by atoms with Crippen molar-refractivity contribution in [3.05, 3.63) is 18.2 Å². The molecule has 2 rings (SSSR count). The Bertz CT molecular complexity index is 524. The number of methoxy groups -OCH3 is 1. The van der Waals surface area contributed by atoms with Crippen LogP contribution in [0.5, 0.6) is 5.75 Å². The molecule has 7 heteroatoms. The van der Waals surface area contributed by atoms with Gasteiger partial charge >= 0.3 is 0 Å². The van der Waals surface area contributed by atoms with Crippen molar-refractivity contribution in [2.45, 2.75) is 4.90 Å². The first-order chi connectivity index (χ1) is 8.55. The lowest BCUT2D eigenvalue weighted by Crippen LogP contribution is -2.46. The van der Waals surface area contributed by atoms with Crippen molar-refractivity contribution >= 4 is 15.7 Å². The predicted molar refractivity (Wildman–Crippen MR) is 69.0 cm³/mol. The highest BCUT2D eigenvalue weighted by Gasteiger charge is 2.26. The number of benzene rings is 1. The molecule has 1 aromatic rings. The maximum Gasteiger partial charge on any atom is 0.243 e. The summed E-state index contributed by atoms with van der Waals surface area (Å²) < 4.78 is 31.2. The van der Waals surface area contributed by atoms with Crippen LogP contribution in [0.25, 0.3) is 0 Å². The lowest BCUT2D eigenvalue weighted by molar-refractivity contribution is 0.360. The van der Waals surface area contributed by atoms with Gasteiger partial charge in [-0.1, -0.05) is 0 Å². The molecule has 0 unspecified atom stereocenters. The van der Waals surface area contributed by atoms with E-state index in [0.29, 0.717) is 37.6 Å². The molecular weight excluding hydrogens is 254 g/mol. The molecule has 1 aliphatic heterocycles. The molecule has 1 aromatic carbocycles. The van der Waals surface area contributed by atoms with E-state index in [1.807, 2.05) is 0 Å². The largest absolute Gasteiger partial charge is 0.495 e. The molecule has 1 heterocycles. The number of hydrogen-bond donors (Lipinski definition) is 2. The molecule has 100 valence electrons. The summed E-state index contributed by atoms with van der Waals surface area (Å²) in [6.07, 6.45) is 0. The summed E-state index contributed by atoms with van der Waals surface area (Å²) in [5.74, 6) is 0.481. The van der Waals surface area contributed by atoms with Gasteiger partial charge < -0.3 is 15.8 Å². The number of nitrogen functional groups attached to an aromatic ring is 1. The van der Waals surface area contributed by atoms with E-state index in [0.717, 1.165) is 0 Å². The Kier molecular flexibility index (Phi) is 3.74. The number of piperazine rings is 1. The van der Waals surface area contributed by atoms with Gasteiger partial charge in [-0.05, 0) is 18.2 Å². The van der Waals surface area contributed by atoms with Gasteiger partial charge in [0.05, 0.1) is 17.7 Å². The monoisotopic (exact) mass is 271 g/mol. The Hall–Kier alpha value is -1.31. The third-order valence-corrected chi connectivity index (χ3v) is 4.81. The Morgan fingerprint density at radius 2 is 2.00 bits per heavy atom. The van der Waals surface area contributed by atoms with E-state index >= 15 is 0 Å². The zero-order valence-corrected chi connectivity index (χ0v) is 11.0. The third-order valence-electron chi connectivity index (χ3n) is 2.91. The van der Waals surface area contributed by atoms with Crippen molar-refractivity contribution in [3.8, 4) is 5.75 Å². The van der Waals surface area contributed by atoms with Gasteiger partial charge in [-0.2, -0.15) is 4.31 Å². The molecular formula is C11H17N3O3S. The molecule has 0 radical (unpaired) electrons. The molecule has 1 saturated heterocycles. The van der Waals surface area contributed by atoms with Crippen LogP contribution in [0.3, 0.4) is 0 Å². The van der Waals surface area contributed by atoms with Gasteiger partial charge in [0.2, 0.25) is 10.0 Å². The maximum atomic E-state index is 12.3. The number of ether oxygens (including phenoxy) is 1. The van der Waals surface area contributed by atoms with Gasteiger partial charge in [0.15, 0.2) is 0 Å². The number of sulfonamides is 1. The zero-order valence-electron chi connectivity index (χ0n) is 10.2. The van der Waals surface area contributed by atoms with E-state index < -0.39 is 10.0 Å². The zero-order chi connectivity index (χ0) is 13.2. The van der Waals surface area contributed by atoms with E-state index in [9.17, 15) is 8.42 Å². The first-order valence-corrected chi connectivity index (χ1v) is 7.14. The Balaban J connectivity index is 2.32. The second-order valence-electron chi connectivity index (χ2n) is 4.06. The van der Waals surface area contributed by atoms with Crippen molar-refractivity contribution < 1.29 is 13.2 Å². The Labute approximate surface area is 107 Å². The number of rotatable bonds is 3. The van der Waals surface area contributed by atoms with Gasteiger partial charge in [0.25, 0.3) is 0 Å². The quantitative estimate of drug-likeness (QED) is 0.748. The molecule has 18 heavy (non-hydrogen) atoms. The van der Waals surface area contributed by atoms with E-state index in [1.165, 1.54) is 23.5 Å². The topological polar surface area (TPSA) is 84.7 Å². The van der Waals surface area contributed by atoms with Crippen molar-refractivity contribution in [1.29, 1.82) is 0 Å². The molecule has 6 nitrogen and oxygen atoms in total. The first-order valence-electron chi connectivity index (χ1n) is 5.70. The van der Waals surface area contributed by atoms with Crippen LogP contribution in [0.4, 0.5) is 5.69 Å². The number of nitrogens with two attached hydrogens (primary N) is 1. The first kappa shape index (κ1) is 13.1. The average Bonchev–Trinajstić information content (AvgIpc) is 2.39. The van der Waals surface area contributed by atoms with Crippen molar-refractivity contribution in [2.24, 2.45) is 0 Å². The Morgan fingerprint density at radius 1 is 1.33 bits per heavy atom. The summed E-state index contributed by atoms with van der Waals surface area (Å²) in [4.78, 5) is 0.211. The summed E-state index contributed by atoms with van der Waals surface area (Å²) in [5.41, 5.74) is 6.07. The van der Waals surface area contributed by atoms with Gasteiger partial charge in [-0.3, -0.25) is 0 Å². The summed E-state index contributed by atoms with van der Waals surface area (Å²) >= 11 is 0. The molecule has 1 aliphatic rings. The van der Waals surface area contributed by atoms with Crippen LogP contribution in [0.2, 0.25) is 0 Å². The van der Waals surface area contributed by atoms with Crippen LogP contribution in [0.1, 0.15) is 0 Å². The molecule has 1 fully saturated rings. The molecule has 0 spiro atoms. The minimum Gasteiger partial charge on any atom is -0.495 e. The molecule has 0 aromatic heterocycles. The smallest absolute Gasteiger partial charge is 0.243 e. The number of anilines is 1. The third kappa shape index (κ3) is 2.43. The van der Waals surface area contributed by atoms with Crippen LogP contribution in [0, 0.1) is 0 Å². The fourth-order valence-electron chi connectivity index (χ4n) is 1.91. The second-order valence-corrected chi connectivity index (χ2v) is 6.00. The lowest BCUT2D eigenvalue weighted by atomic mass is 10.3. The van der Waals surface area contributed by atoms with Crippen LogP contribution in [0.15, 0.2) is 23.1 Å². The van der Waals surface area contributed by atoms with E-state index in [2.05, 4.69) is 5.32 Å². The second kappa shape index (κ2) is 5.13. The summed E-state index contributed by atoms with van der Waals surface area (Å²) in [6, 6.07) is 4.53. The van der Waals surface area contributed by atoms with Crippen LogP contribution >= 0.6 is 0 Å². The van der Waals surface area contributed by atoms with E-state index in [-0.39, 0.29) is 4.90 Å². The summed E-state index contributed by atoms with van der Waals surface area (Å²) in [5, 5.41) is 3.12. The van der Waals surface area contributed by atoms with Crippen molar-refractivity contribution in [1.82, 2.24) is 9.62 Å². The van der Waals surface area contributed by atoms with Gasteiger partial charge in [0, 0.05) is 26.2 Å². The predicted octanol–water partition coefficient (Wildman–Crippen LogP) is -0.129. The fourth-order valence-corrected chi connectivity index (χ4v) is 3.38. The number of hydrogen-bond acceptors (Lipinski definition) is 5. The van der Waals surface area contributed by atoms with Gasteiger partial charge in [0.1, 0.15) is 5.75 Å². The minimum atomic E-state index is -3.45. The normalized spacial score (nSPS) is 17.6. The fraction of sp³-hybridized carbons (Fsp3) is 0.455. The average molecular weight is 271 g/mol. The van der Waals surface area contributed by atoms with Crippen molar-refractivity contribution in [2.75, 3.05) is 39.0 Å². The Morgan fingerprint density at radius 3 is 2.56 bits per heavy atom. The van der Waals surface area contributed by atoms with Gasteiger partial charge in [-0.25, -0.2) is 8.42 Å². The molecule has 0 amide bonds. The van der Waals surface area contributed by atoms with Gasteiger partial charge in [-0.15, -0.1) is 0 Å². The van der Waals surface area contributed by atoms with Crippen molar-refractivity contribution in [3.63, 3.8) is 0 Å². The molecule has 0 saturated carbocycles. The standard InChI is InChI=1S/C11H17N3O3S/c1-17-11-3-2-9(8-10(11)12)18(15,16)14-6-4-13-5-7-14/h2-3,8,13H,4-7,12H2,1H3. The summed E-state index contributed by atoms with van der Waals surface area (Å²) in [6.45, 7) is 2.30. The van der Waals surface area contributed by atoms with E-state index in [1.54, 1.807) is 6.07 Å². The SMILES string of the molecule is COc1ccc(S(=O)(=O)N2CCNCC2)cc1N. The molecule has 0 atom stereocenters. The molecule has 3 N–H and O–H groups in total. The molecule has 0 bridgehead atoms. The van der Waals surface area contributed by atoms with Crippen LogP contribution < -0.4 is 15.8 Å². The number of nitrogens with zero attached hydrogens (tertiary/aromatic N) is 1. The van der Waals surface area contributed by atoms with E-state index in [4.69, 9.17) is 10.5 Å². The lowest BCUT2D eigenvalue weighted by Gasteiger charge is -2.26. The highest BCUT2D eigenvalue weighted by Crippen LogP contribution is 2.26. The minimum absolute atomic E-state index is 0.211. The molecule has 0 aliphatic carbocycles. The van der Waals surface area contributed by atoms with Crippen LogP contribution in [-0.2, 0) is 10.0 Å². The number of nitrogens with one attached hydrogen (secondary N) is 1. The summed E-state index contributed by atoms with van der Waals surface area (Å²) in [7, 11) is -1.96. The maximum absolute atomic E-state index is 12.3. The highest BCUT2D eigenvalue weighted by atomic mass is 32.2. The highest BCUT2D eigenvalue weighted by molar-refractivity contribution is 7.89.